The van der Waals surface area contributed by atoms with Crippen LogP contribution in [-0.4, -0.2) is 27.4 Å². The summed E-state index contributed by atoms with van der Waals surface area (Å²) in [5, 5.41) is 15.8. The van der Waals surface area contributed by atoms with Crippen LogP contribution in [0.1, 0.15) is 9.27 Å². The van der Waals surface area contributed by atoms with Gasteiger partial charge in [-0.25, -0.2) is 4.79 Å². The molecule has 0 aliphatic carbocycles. The van der Waals surface area contributed by atoms with E-state index in [-0.39, 0.29) is 62.0 Å². The Bertz CT molecular complexity index is 148. The second kappa shape index (κ2) is 9.54. The Morgan fingerprint density at radius 3 is 1.91 bits per heavy atom. The first-order valence-corrected chi connectivity index (χ1v) is 2.61. The number of aliphatic carboxylic acids is 1. The molecule has 0 aliphatic rings. The molecule has 0 aliphatic heterocycles. The van der Waals surface area contributed by atoms with E-state index in [9.17, 15) is 9.59 Å². The van der Waals surface area contributed by atoms with Gasteiger partial charge < -0.3 is 13.1 Å². The van der Waals surface area contributed by atoms with Crippen molar-refractivity contribution < 1.29 is 81.8 Å². The van der Waals surface area contributed by atoms with Gasteiger partial charge in [-0.2, -0.15) is 0 Å². The summed E-state index contributed by atoms with van der Waals surface area (Å²) in [7, 11) is 0. The van der Waals surface area contributed by atoms with Gasteiger partial charge in [-0.3, -0.25) is 4.79 Å². The Hall–Kier alpha value is 1.45. The minimum absolute atomic E-state index is 0. The van der Waals surface area contributed by atoms with Crippen molar-refractivity contribution in [3.8, 4) is 0 Å². The summed E-state index contributed by atoms with van der Waals surface area (Å²) in [5.74, 6) is -1.41. The number of carboxylic acids is 1. The molecule has 1 unspecified atom stereocenters. The molecule has 1 atom stereocenters. The Morgan fingerprint density at radius 2 is 1.82 bits per heavy atom. The van der Waals surface area contributed by atoms with Crippen LogP contribution in [0, 0.1) is 0 Å². The van der Waals surface area contributed by atoms with Crippen molar-refractivity contribution in [3.63, 3.8) is 0 Å². The van der Waals surface area contributed by atoms with E-state index in [1.54, 1.807) is 0 Å². The van der Waals surface area contributed by atoms with Gasteiger partial charge in [0.15, 0.2) is 11.2 Å². The second-order valence-corrected chi connectivity index (χ2v) is 1.95. The Morgan fingerprint density at radius 1 is 1.45 bits per heavy atom. The van der Waals surface area contributed by atoms with Gasteiger partial charge in [0.25, 0.3) is 0 Å². The second-order valence-electron chi connectivity index (χ2n) is 1.45. The smallest absolute Gasteiger partial charge is 1.00 e. The van der Waals surface area contributed by atoms with E-state index in [2.05, 4.69) is 12.6 Å². The molecule has 0 saturated carbocycles. The van der Waals surface area contributed by atoms with Crippen molar-refractivity contribution in [2.24, 2.45) is 0 Å². The monoisotopic (exact) mass is 198 g/mol. The number of carbonyl (C=O) groups is 2. The molecule has 0 spiro atoms. The van der Waals surface area contributed by atoms with Crippen molar-refractivity contribution in [2.75, 3.05) is 0 Å². The molecule has 0 fully saturated rings. The van der Waals surface area contributed by atoms with Crippen molar-refractivity contribution >= 4 is 23.7 Å². The van der Waals surface area contributed by atoms with E-state index in [0.29, 0.717) is 0 Å². The van der Waals surface area contributed by atoms with Crippen LogP contribution in [0.5, 0.6) is 0 Å². The summed E-state index contributed by atoms with van der Waals surface area (Å²) in [6.45, 7) is 0. The number of thiol groups is 1. The fraction of sp³-hybridized carbons (Fsp3) is 0.500. The molecule has 0 aromatic rings. The molecule has 0 heterocycles. The van der Waals surface area contributed by atoms with E-state index in [1.165, 1.54) is 0 Å². The molecule has 11 heavy (non-hydrogen) atoms. The number of carbonyl (C=O) groups excluding carboxylic acids is 1. The van der Waals surface area contributed by atoms with Gasteiger partial charge in [-0.15, -0.1) is 12.6 Å². The largest absolute Gasteiger partial charge is 1.00 e. The molecule has 2 N–H and O–H groups in total. The average molecular weight is 198 g/mol. The van der Waals surface area contributed by atoms with E-state index in [4.69, 9.17) is 10.2 Å². The Balaban J connectivity index is -0.0000000533. The maximum absolute atomic E-state index is 10.00. The molecular weight excluding hydrogens is 190 g/mol. The van der Waals surface area contributed by atoms with E-state index in [1.807, 2.05) is 0 Å². The van der Waals surface area contributed by atoms with Gasteiger partial charge in [0.2, 0.25) is 0 Å². The molecule has 0 aromatic carbocycles. The Kier molecular flexibility index (Phi) is 15.8. The van der Waals surface area contributed by atoms with Crippen LogP contribution in [0.25, 0.3) is 0 Å². The molecule has 0 bridgehead atoms. The van der Waals surface area contributed by atoms with E-state index >= 15 is 0 Å². The molecule has 0 rings (SSSR count). The average Bonchev–Trinajstić information content (AvgIpc) is 1.63. The van der Waals surface area contributed by atoms with Crippen molar-refractivity contribution in [1.29, 1.82) is 0 Å². The van der Waals surface area contributed by atoms with Crippen molar-refractivity contribution in [2.45, 2.75) is 12.5 Å². The maximum atomic E-state index is 10.00. The normalized spacial score (nSPS) is 10.4. The van der Waals surface area contributed by atoms with E-state index in [0.717, 1.165) is 0 Å². The van der Waals surface area contributed by atoms with Gasteiger partial charge in [0.1, 0.15) is 0 Å². The third-order valence-corrected chi connectivity index (χ3v) is 0.836. The third kappa shape index (κ3) is 11.5. The predicted molar refractivity (Wildman–Crippen MR) is 34.5 cm³/mol. The first kappa shape index (κ1) is 18.3. The van der Waals surface area contributed by atoms with Gasteiger partial charge in [0, 0.05) is 0 Å². The topological polar surface area (TPSA) is 74.6 Å². The van der Waals surface area contributed by atoms with Crippen molar-refractivity contribution in [3.05, 3.63) is 0 Å². The first-order valence-electron chi connectivity index (χ1n) is 2.16. The van der Waals surface area contributed by atoms with Crippen molar-refractivity contribution in [1.82, 2.24) is 0 Å². The molecule has 4 nitrogen and oxygen atoms in total. The molecule has 0 radical (unpaired) electrons. The molecule has 7 heteroatoms. The van der Waals surface area contributed by atoms with Gasteiger partial charge in [-0.05, 0) is 0 Å². The van der Waals surface area contributed by atoms with Crippen LogP contribution in [0.3, 0.4) is 0 Å². The molecule has 0 amide bonds. The summed E-state index contributed by atoms with van der Waals surface area (Å²) < 4.78 is 0. The molecule has 0 saturated heterocycles. The fourth-order valence-electron chi connectivity index (χ4n) is 0.253. The summed E-state index contributed by atoms with van der Waals surface area (Å²) in [6.07, 6.45) is -2.06. The summed E-state index contributed by atoms with van der Waals surface area (Å²) in [6, 6.07) is 0. The summed E-state index contributed by atoms with van der Waals surface area (Å²) in [4.78, 5) is 19.8. The predicted octanol–water partition coefficient (Wildman–Crippen LogP) is -6.49. The number of rotatable bonds is 3. The third-order valence-electron chi connectivity index (χ3n) is 0.653. The quantitative estimate of drug-likeness (QED) is 0.311. The molecule has 0 aromatic heterocycles. The number of aliphatic hydroxyl groups excluding tert-OH is 1. The Labute approximate surface area is 117 Å². The van der Waals surface area contributed by atoms with Crippen LogP contribution in [0.15, 0.2) is 0 Å². The first-order chi connectivity index (χ1) is 4.04. The number of carboxylic acid groups (broad SMARTS) is 1. The van der Waals surface area contributed by atoms with Crippen LogP contribution in [-0.2, 0) is 9.59 Å². The van der Waals surface area contributed by atoms with Crippen LogP contribution >= 0.6 is 12.6 Å². The summed E-state index contributed by atoms with van der Waals surface area (Å²) in [5.41, 5.74) is 0. The van der Waals surface area contributed by atoms with Crippen LogP contribution in [0.2, 0.25) is 0 Å². The van der Waals surface area contributed by atoms with Crippen LogP contribution < -0.4 is 59.1 Å². The zero-order valence-corrected chi connectivity index (χ0v) is 11.3. The number of hydrogen-bond donors (Lipinski definition) is 3. The SMILES string of the molecule is O=C(S)CC(O)C(=O)O.[H-].[H-].[Na+].[Na+]. The molecule has 56 valence electrons. The zero-order valence-electron chi connectivity index (χ0n) is 8.44. The molecular formula is C4H8Na2O4S. The van der Waals surface area contributed by atoms with Gasteiger partial charge in [-0.1, -0.05) is 0 Å². The van der Waals surface area contributed by atoms with Gasteiger partial charge in [0.05, 0.1) is 6.42 Å². The number of hydrogen-bond acceptors (Lipinski definition) is 3. The zero-order chi connectivity index (χ0) is 7.44. The van der Waals surface area contributed by atoms with E-state index < -0.39 is 23.6 Å². The minimum atomic E-state index is -1.62. The minimum Gasteiger partial charge on any atom is -1.00 e. The maximum Gasteiger partial charge on any atom is 1.00 e. The number of aliphatic hydroxyl groups is 1. The van der Waals surface area contributed by atoms with Gasteiger partial charge >= 0.3 is 65.1 Å². The standard InChI is InChI=1S/C4H6O4S.2Na.2H/c5-2(4(7)8)1-3(6)9;;;;/h2,5H,1H2,(H,6,9)(H,7,8);;;;/q;2*+1;2*-1. The van der Waals surface area contributed by atoms with Crippen LogP contribution in [0.4, 0.5) is 0 Å². The fourth-order valence-corrected chi connectivity index (χ4v) is 0.426. The summed E-state index contributed by atoms with van der Waals surface area (Å²) >= 11 is 3.27.